The molecule has 104 valence electrons. The molecule has 1 N–H and O–H groups in total. The van der Waals surface area contributed by atoms with Crippen molar-refractivity contribution in [3.05, 3.63) is 30.3 Å². The van der Waals surface area contributed by atoms with E-state index >= 15 is 0 Å². The van der Waals surface area contributed by atoms with Crippen molar-refractivity contribution in [1.29, 1.82) is 0 Å². The number of nitrogens with one attached hydrogen (secondary N) is 1. The van der Waals surface area contributed by atoms with Crippen LogP contribution in [-0.4, -0.2) is 43.7 Å². The molecule has 0 spiro atoms. The monoisotopic (exact) mass is 262 g/mol. The summed E-state index contributed by atoms with van der Waals surface area (Å²) in [5.74, 6) is -0.127. The van der Waals surface area contributed by atoms with E-state index in [1.54, 1.807) is 0 Å². The van der Waals surface area contributed by atoms with Crippen molar-refractivity contribution >= 4 is 11.7 Å². The number of likely N-dealkylation sites (tertiary alicyclic amines) is 1. The first kappa shape index (κ1) is 13.9. The summed E-state index contributed by atoms with van der Waals surface area (Å²) in [6.07, 6.45) is 2.84. The van der Waals surface area contributed by atoms with E-state index in [-0.39, 0.29) is 5.97 Å². The maximum absolute atomic E-state index is 11.2. The average Bonchev–Trinajstić information content (AvgIpc) is 2.46. The van der Waals surface area contributed by atoms with Crippen molar-refractivity contribution in [2.24, 2.45) is 0 Å². The van der Waals surface area contributed by atoms with Crippen LogP contribution in [0.25, 0.3) is 0 Å². The van der Waals surface area contributed by atoms with Gasteiger partial charge in [0.15, 0.2) is 0 Å². The van der Waals surface area contributed by atoms with E-state index in [2.05, 4.69) is 27.1 Å². The molecular weight excluding hydrogens is 240 g/mol. The van der Waals surface area contributed by atoms with E-state index in [1.807, 2.05) is 18.2 Å². The highest BCUT2D eigenvalue weighted by atomic mass is 16.5. The summed E-state index contributed by atoms with van der Waals surface area (Å²) in [6, 6.07) is 10.8. The summed E-state index contributed by atoms with van der Waals surface area (Å²) in [5, 5.41) is 3.55. The van der Waals surface area contributed by atoms with E-state index in [0.717, 1.165) is 19.6 Å². The van der Waals surface area contributed by atoms with Crippen LogP contribution in [0.2, 0.25) is 0 Å². The third-order valence-corrected chi connectivity index (χ3v) is 3.51. The second-order valence-corrected chi connectivity index (χ2v) is 4.98. The first-order valence-corrected chi connectivity index (χ1v) is 6.88. The number of para-hydroxylation sites is 1. The minimum atomic E-state index is -0.127. The van der Waals surface area contributed by atoms with Crippen LogP contribution in [0.5, 0.6) is 0 Å². The predicted molar refractivity (Wildman–Crippen MR) is 76.2 cm³/mol. The summed E-state index contributed by atoms with van der Waals surface area (Å²) in [5.41, 5.74) is 1.17. The fraction of sp³-hybridized carbons (Fsp3) is 0.533. The highest BCUT2D eigenvalue weighted by Gasteiger charge is 2.20. The molecule has 1 saturated heterocycles. The lowest BCUT2D eigenvalue weighted by molar-refractivity contribution is -0.141. The molecule has 0 aliphatic carbocycles. The standard InChI is InChI=1S/C15H22N2O2/c1-19-15(18)9-11-17-10-5-8-14(12-17)16-13-6-3-2-4-7-13/h2-4,6-7,14,16H,5,8-12H2,1H3. The molecule has 1 unspecified atom stereocenters. The third-order valence-electron chi connectivity index (χ3n) is 3.51. The number of carbonyl (C=O) groups is 1. The number of hydrogen-bond acceptors (Lipinski definition) is 4. The molecule has 1 aliphatic rings. The van der Waals surface area contributed by atoms with Gasteiger partial charge in [-0.15, -0.1) is 0 Å². The van der Waals surface area contributed by atoms with Gasteiger partial charge in [0.2, 0.25) is 0 Å². The fourth-order valence-electron chi connectivity index (χ4n) is 2.50. The molecule has 1 atom stereocenters. The van der Waals surface area contributed by atoms with Crippen molar-refractivity contribution in [3.8, 4) is 0 Å². The van der Waals surface area contributed by atoms with E-state index in [4.69, 9.17) is 0 Å². The summed E-state index contributed by atoms with van der Waals surface area (Å²) >= 11 is 0. The SMILES string of the molecule is COC(=O)CCN1CCCC(Nc2ccccc2)C1. The number of benzene rings is 1. The molecule has 1 fully saturated rings. The third kappa shape index (κ3) is 4.56. The fourth-order valence-corrected chi connectivity index (χ4v) is 2.50. The van der Waals surface area contributed by atoms with Crippen LogP contribution in [0.4, 0.5) is 5.69 Å². The minimum absolute atomic E-state index is 0.127. The number of carbonyl (C=O) groups excluding carboxylic acids is 1. The lowest BCUT2D eigenvalue weighted by Gasteiger charge is -2.33. The van der Waals surface area contributed by atoms with Gasteiger partial charge in [0.05, 0.1) is 13.5 Å². The number of ether oxygens (including phenoxy) is 1. The van der Waals surface area contributed by atoms with E-state index in [0.29, 0.717) is 12.5 Å². The largest absolute Gasteiger partial charge is 0.469 e. The Hall–Kier alpha value is -1.55. The van der Waals surface area contributed by atoms with Crippen LogP contribution in [0.1, 0.15) is 19.3 Å². The Kier molecular flexibility index (Phi) is 5.21. The zero-order valence-electron chi connectivity index (χ0n) is 11.5. The number of esters is 1. The van der Waals surface area contributed by atoms with Crippen LogP contribution < -0.4 is 5.32 Å². The van der Waals surface area contributed by atoms with Gasteiger partial charge in [0, 0.05) is 24.8 Å². The Labute approximate surface area is 114 Å². The van der Waals surface area contributed by atoms with Crippen LogP contribution in [0.3, 0.4) is 0 Å². The van der Waals surface area contributed by atoms with Gasteiger partial charge >= 0.3 is 5.97 Å². The van der Waals surface area contributed by atoms with Gasteiger partial charge in [0.1, 0.15) is 0 Å². The van der Waals surface area contributed by atoms with Crippen LogP contribution in [0.15, 0.2) is 30.3 Å². The Balaban J connectivity index is 1.79. The molecule has 0 aromatic heterocycles. The van der Waals surface area contributed by atoms with Gasteiger partial charge in [-0.1, -0.05) is 18.2 Å². The summed E-state index contributed by atoms with van der Waals surface area (Å²) < 4.78 is 4.68. The lowest BCUT2D eigenvalue weighted by atomic mass is 10.1. The lowest BCUT2D eigenvalue weighted by Crippen LogP contribution is -2.42. The maximum Gasteiger partial charge on any atom is 0.306 e. The molecule has 1 heterocycles. The van der Waals surface area contributed by atoms with Crippen LogP contribution >= 0.6 is 0 Å². The molecule has 4 nitrogen and oxygen atoms in total. The van der Waals surface area contributed by atoms with E-state index < -0.39 is 0 Å². The number of piperidine rings is 1. The number of nitrogens with zero attached hydrogens (tertiary/aromatic N) is 1. The van der Waals surface area contributed by atoms with Gasteiger partial charge in [-0.3, -0.25) is 4.79 Å². The Morgan fingerprint density at radius 2 is 2.21 bits per heavy atom. The van der Waals surface area contributed by atoms with E-state index in [9.17, 15) is 4.79 Å². The van der Waals surface area contributed by atoms with Gasteiger partial charge in [0.25, 0.3) is 0 Å². The number of methoxy groups -OCH3 is 1. The Morgan fingerprint density at radius 3 is 2.95 bits per heavy atom. The van der Waals surface area contributed by atoms with Gasteiger partial charge in [-0.25, -0.2) is 0 Å². The molecule has 2 rings (SSSR count). The zero-order valence-corrected chi connectivity index (χ0v) is 11.5. The molecule has 0 bridgehead atoms. The predicted octanol–water partition coefficient (Wildman–Crippen LogP) is 2.13. The average molecular weight is 262 g/mol. The van der Waals surface area contributed by atoms with Crippen LogP contribution in [-0.2, 0) is 9.53 Å². The zero-order chi connectivity index (χ0) is 13.5. The summed E-state index contributed by atoms with van der Waals surface area (Å²) in [4.78, 5) is 13.5. The van der Waals surface area contributed by atoms with Gasteiger partial charge < -0.3 is 15.0 Å². The van der Waals surface area contributed by atoms with Gasteiger partial charge in [-0.05, 0) is 31.5 Å². The molecular formula is C15H22N2O2. The van der Waals surface area contributed by atoms with Gasteiger partial charge in [-0.2, -0.15) is 0 Å². The van der Waals surface area contributed by atoms with Crippen molar-refractivity contribution in [1.82, 2.24) is 4.90 Å². The first-order chi connectivity index (χ1) is 9.28. The Bertz CT molecular complexity index is 394. The minimum Gasteiger partial charge on any atom is -0.469 e. The molecule has 4 heteroatoms. The number of hydrogen-bond donors (Lipinski definition) is 1. The second kappa shape index (κ2) is 7.14. The second-order valence-electron chi connectivity index (χ2n) is 4.98. The van der Waals surface area contributed by atoms with Crippen molar-refractivity contribution in [3.63, 3.8) is 0 Å². The molecule has 0 saturated carbocycles. The number of rotatable bonds is 5. The first-order valence-electron chi connectivity index (χ1n) is 6.88. The van der Waals surface area contributed by atoms with Crippen molar-refractivity contribution in [2.75, 3.05) is 32.1 Å². The molecule has 19 heavy (non-hydrogen) atoms. The van der Waals surface area contributed by atoms with Crippen LogP contribution in [0, 0.1) is 0 Å². The number of anilines is 1. The molecule has 0 radical (unpaired) electrons. The summed E-state index contributed by atoms with van der Waals surface area (Å²) in [7, 11) is 1.44. The molecule has 1 aliphatic heterocycles. The molecule has 1 aromatic carbocycles. The summed E-state index contributed by atoms with van der Waals surface area (Å²) in [6.45, 7) is 2.86. The quantitative estimate of drug-likeness (QED) is 0.825. The highest BCUT2D eigenvalue weighted by molar-refractivity contribution is 5.69. The Morgan fingerprint density at radius 1 is 1.42 bits per heavy atom. The normalized spacial score (nSPS) is 19.9. The topological polar surface area (TPSA) is 41.6 Å². The molecule has 1 aromatic rings. The van der Waals surface area contributed by atoms with Crippen molar-refractivity contribution < 1.29 is 9.53 Å². The maximum atomic E-state index is 11.2. The van der Waals surface area contributed by atoms with Crippen molar-refractivity contribution in [2.45, 2.75) is 25.3 Å². The highest BCUT2D eigenvalue weighted by Crippen LogP contribution is 2.16. The molecule has 0 amide bonds. The smallest absolute Gasteiger partial charge is 0.306 e. The van der Waals surface area contributed by atoms with E-state index in [1.165, 1.54) is 25.6 Å².